The first-order valence-electron chi connectivity index (χ1n) is 8.12. The van der Waals surface area contributed by atoms with Gasteiger partial charge in [-0.05, 0) is 44.0 Å². The maximum absolute atomic E-state index is 12.3. The quantitative estimate of drug-likeness (QED) is 0.802. The predicted molar refractivity (Wildman–Crippen MR) is 99.1 cm³/mol. The van der Waals surface area contributed by atoms with Crippen LogP contribution in [-0.2, 0) is 9.53 Å². The van der Waals surface area contributed by atoms with E-state index in [1.54, 1.807) is 25.3 Å². The summed E-state index contributed by atoms with van der Waals surface area (Å²) in [6, 6.07) is 8.83. The fourth-order valence-electron chi connectivity index (χ4n) is 2.79. The molecule has 1 N–H and O–H groups in total. The number of aryl methyl sites for hydroxylation is 3. The summed E-state index contributed by atoms with van der Waals surface area (Å²) in [7, 11) is 3.04. The summed E-state index contributed by atoms with van der Waals surface area (Å²) in [4.78, 5) is 24.4. The summed E-state index contributed by atoms with van der Waals surface area (Å²) in [5, 5.41) is 2.66. The molecule has 0 saturated heterocycles. The Morgan fingerprint density at radius 2 is 1.62 bits per heavy atom. The molecule has 6 nitrogen and oxygen atoms in total. The smallest absolute Gasteiger partial charge is 0.339 e. The number of amides is 1. The molecule has 26 heavy (non-hydrogen) atoms. The van der Waals surface area contributed by atoms with Crippen LogP contribution in [0.1, 0.15) is 27.0 Å². The lowest BCUT2D eigenvalue weighted by Gasteiger charge is -2.13. The van der Waals surface area contributed by atoms with Crippen LogP contribution in [-0.4, -0.2) is 32.7 Å². The third-order valence-corrected chi connectivity index (χ3v) is 3.90. The Kier molecular flexibility index (Phi) is 6.22. The molecule has 0 aliphatic carbocycles. The number of hydrogen-bond acceptors (Lipinski definition) is 5. The number of anilines is 1. The molecule has 2 aromatic carbocycles. The molecule has 0 aliphatic rings. The molecule has 138 valence electrons. The molecule has 0 atom stereocenters. The zero-order chi connectivity index (χ0) is 19.3. The van der Waals surface area contributed by atoms with Gasteiger partial charge in [-0.15, -0.1) is 0 Å². The van der Waals surface area contributed by atoms with E-state index in [0.717, 1.165) is 16.7 Å². The second-order valence-corrected chi connectivity index (χ2v) is 5.96. The molecule has 0 radical (unpaired) electrons. The van der Waals surface area contributed by atoms with Crippen molar-refractivity contribution in [1.29, 1.82) is 0 Å². The van der Waals surface area contributed by atoms with E-state index >= 15 is 0 Å². The molecule has 2 rings (SSSR count). The van der Waals surface area contributed by atoms with E-state index in [0.29, 0.717) is 22.7 Å². The number of ether oxygens (including phenoxy) is 3. The van der Waals surface area contributed by atoms with Crippen LogP contribution in [0, 0.1) is 20.8 Å². The molecule has 0 fully saturated rings. The first-order valence-corrected chi connectivity index (χ1v) is 8.12. The van der Waals surface area contributed by atoms with Gasteiger partial charge in [-0.2, -0.15) is 0 Å². The van der Waals surface area contributed by atoms with Gasteiger partial charge in [0.2, 0.25) is 0 Å². The Morgan fingerprint density at radius 1 is 0.962 bits per heavy atom. The molecule has 0 aromatic heterocycles. The normalized spacial score (nSPS) is 10.2. The van der Waals surface area contributed by atoms with Gasteiger partial charge in [0.1, 0.15) is 11.5 Å². The lowest BCUT2D eigenvalue weighted by atomic mass is 10.00. The van der Waals surface area contributed by atoms with Crippen LogP contribution in [0.25, 0.3) is 0 Å². The average Bonchev–Trinajstić information content (AvgIpc) is 2.59. The molecular formula is C20H23NO5. The van der Waals surface area contributed by atoms with Crippen LogP contribution in [0.2, 0.25) is 0 Å². The molecule has 0 aliphatic heterocycles. The number of rotatable bonds is 6. The molecule has 1 amide bonds. The monoisotopic (exact) mass is 357 g/mol. The zero-order valence-corrected chi connectivity index (χ0v) is 15.6. The molecule has 0 spiro atoms. The summed E-state index contributed by atoms with van der Waals surface area (Å²) >= 11 is 0. The highest BCUT2D eigenvalue weighted by atomic mass is 16.5. The zero-order valence-electron chi connectivity index (χ0n) is 15.6. The van der Waals surface area contributed by atoms with Gasteiger partial charge in [-0.25, -0.2) is 4.79 Å². The van der Waals surface area contributed by atoms with Crippen LogP contribution in [0.5, 0.6) is 11.5 Å². The number of esters is 1. The number of nitrogens with one attached hydrogen (secondary N) is 1. The average molecular weight is 357 g/mol. The van der Waals surface area contributed by atoms with Gasteiger partial charge in [-0.1, -0.05) is 17.7 Å². The Bertz CT molecular complexity index is 806. The van der Waals surface area contributed by atoms with Gasteiger partial charge in [-0.3, -0.25) is 4.79 Å². The van der Waals surface area contributed by atoms with Crippen LogP contribution in [0.4, 0.5) is 5.69 Å². The largest absolute Gasteiger partial charge is 0.497 e. The summed E-state index contributed by atoms with van der Waals surface area (Å²) in [5.41, 5.74) is 3.68. The van der Waals surface area contributed by atoms with Crippen molar-refractivity contribution in [3.63, 3.8) is 0 Å². The molecular weight excluding hydrogens is 334 g/mol. The second kappa shape index (κ2) is 8.38. The van der Waals surface area contributed by atoms with Gasteiger partial charge in [0, 0.05) is 6.07 Å². The Labute approximate surface area is 153 Å². The minimum atomic E-state index is -0.517. The maximum Gasteiger partial charge on any atom is 0.339 e. The minimum Gasteiger partial charge on any atom is -0.497 e. The van der Waals surface area contributed by atoms with E-state index in [1.807, 2.05) is 32.9 Å². The summed E-state index contributed by atoms with van der Waals surface area (Å²) in [6.45, 7) is 5.27. The fourth-order valence-corrected chi connectivity index (χ4v) is 2.79. The predicted octanol–water partition coefficient (Wildman–Crippen LogP) is 3.42. The Balaban J connectivity index is 2.02. The standard InChI is InChI=1S/C20H23NO5/c1-12-8-13(2)19(14(3)9-12)20(23)26-11-18(22)21-16-7-6-15(24-4)10-17(16)25-5/h6-10H,11H2,1-5H3,(H,21,22). The number of carbonyl (C=O) groups is 2. The van der Waals surface area contributed by atoms with Crippen molar-refractivity contribution in [2.24, 2.45) is 0 Å². The fraction of sp³-hybridized carbons (Fsp3) is 0.300. The van der Waals surface area contributed by atoms with Gasteiger partial charge < -0.3 is 19.5 Å². The van der Waals surface area contributed by atoms with Crippen LogP contribution >= 0.6 is 0 Å². The van der Waals surface area contributed by atoms with E-state index in [9.17, 15) is 9.59 Å². The molecule has 0 unspecified atom stereocenters. The van der Waals surface area contributed by atoms with Crippen LogP contribution < -0.4 is 14.8 Å². The third kappa shape index (κ3) is 4.53. The van der Waals surface area contributed by atoms with E-state index in [-0.39, 0.29) is 6.61 Å². The lowest BCUT2D eigenvalue weighted by molar-refractivity contribution is -0.119. The second-order valence-electron chi connectivity index (χ2n) is 5.96. The maximum atomic E-state index is 12.3. The van der Waals surface area contributed by atoms with Crippen molar-refractivity contribution in [1.82, 2.24) is 0 Å². The van der Waals surface area contributed by atoms with Crippen LogP contribution in [0.3, 0.4) is 0 Å². The molecule has 0 saturated carbocycles. The topological polar surface area (TPSA) is 73.9 Å². The Hall–Kier alpha value is -3.02. The Morgan fingerprint density at radius 3 is 2.19 bits per heavy atom. The minimum absolute atomic E-state index is 0.388. The first-order chi connectivity index (χ1) is 12.3. The van der Waals surface area contributed by atoms with E-state index in [2.05, 4.69) is 5.32 Å². The van der Waals surface area contributed by atoms with Crippen molar-refractivity contribution < 1.29 is 23.8 Å². The van der Waals surface area contributed by atoms with E-state index < -0.39 is 11.9 Å². The summed E-state index contributed by atoms with van der Waals surface area (Å²) in [5.74, 6) is 0.0897. The highest BCUT2D eigenvalue weighted by molar-refractivity contribution is 5.97. The van der Waals surface area contributed by atoms with E-state index in [1.165, 1.54) is 7.11 Å². The highest BCUT2D eigenvalue weighted by Crippen LogP contribution is 2.29. The first kappa shape index (κ1) is 19.3. The molecule has 6 heteroatoms. The highest BCUT2D eigenvalue weighted by Gasteiger charge is 2.16. The van der Waals surface area contributed by atoms with Gasteiger partial charge in [0.25, 0.3) is 5.91 Å². The summed E-state index contributed by atoms with van der Waals surface area (Å²) in [6.07, 6.45) is 0. The number of benzene rings is 2. The molecule has 0 bridgehead atoms. The van der Waals surface area contributed by atoms with Crippen molar-refractivity contribution in [2.45, 2.75) is 20.8 Å². The SMILES string of the molecule is COc1ccc(NC(=O)COC(=O)c2c(C)cc(C)cc2C)c(OC)c1. The van der Waals surface area contributed by atoms with E-state index in [4.69, 9.17) is 14.2 Å². The van der Waals surface area contributed by atoms with Gasteiger partial charge in [0.15, 0.2) is 6.61 Å². The van der Waals surface area contributed by atoms with Crippen molar-refractivity contribution in [3.8, 4) is 11.5 Å². The van der Waals surface area contributed by atoms with Crippen molar-refractivity contribution >= 4 is 17.6 Å². The van der Waals surface area contributed by atoms with Crippen molar-refractivity contribution in [3.05, 3.63) is 52.6 Å². The number of hydrogen-bond donors (Lipinski definition) is 1. The molecule has 2 aromatic rings. The summed E-state index contributed by atoms with van der Waals surface area (Å²) < 4.78 is 15.5. The van der Waals surface area contributed by atoms with Crippen LogP contribution in [0.15, 0.2) is 30.3 Å². The van der Waals surface area contributed by atoms with Gasteiger partial charge in [0.05, 0.1) is 25.5 Å². The number of carbonyl (C=O) groups excluding carboxylic acids is 2. The number of methoxy groups -OCH3 is 2. The molecule has 0 heterocycles. The lowest BCUT2D eigenvalue weighted by Crippen LogP contribution is -2.22. The van der Waals surface area contributed by atoms with Gasteiger partial charge >= 0.3 is 5.97 Å². The third-order valence-electron chi connectivity index (χ3n) is 3.90. The van der Waals surface area contributed by atoms with Crippen molar-refractivity contribution in [2.75, 3.05) is 26.1 Å².